The van der Waals surface area contributed by atoms with Crippen molar-refractivity contribution in [3.63, 3.8) is 0 Å². The predicted molar refractivity (Wildman–Crippen MR) is 72.5 cm³/mol. The van der Waals surface area contributed by atoms with E-state index in [1.807, 2.05) is 35.9 Å². The number of para-hydroxylation sites is 2. The molecule has 0 aliphatic heterocycles. The average molecular weight is 290 g/mol. The lowest BCUT2D eigenvalue weighted by molar-refractivity contribution is -0.394. The van der Waals surface area contributed by atoms with Crippen LogP contribution in [0.5, 0.6) is 0 Å². The molecule has 2 aromatic heterocycles. The molecule has 0 unspecified atom stereocenters. The van der Waals surface area contributed by atoms with Crippen molar-refractivity contribution in [1.82, 2.24) is 24.3 Å². The van der Waals surface area contributed by atoms with Crippen LogP contribution in [0, 0.1) is 10.1 Å². The van der Waals surface area contributed by atoms with Gasteiger partial charge in [0.2, 0.25) is 0 Å². The maximum Gasteiger partial charge on any atom is 0.492 e. The molecule has 0 fully saturated rings. The summed E-state index contributed by atoms with van der Waals surface area (Å²) in [6.45, 7) is 0. The third-order valence-corrected chi connectivity index (χ3v) is 3.89. The van der Waals surface area contributed by atoms with Crippen LogP contribution >= 0.6 is 11.8 Å². The fraction of sp³-hybridized carbons (Fsp3) is 0.182. The molecule has 3 rings (SSSR count). The van der Waals surface area contributed by atoms with Gasteiger partial charge in [0.15, 0.2) is 5.16 Å². The summed E-state index contributed by atoms with van der Waals surface area (Å²) in [6.07, 6.45) is 0. The number of rotatable bonds is 3. The second-order valence-electron chi connectivity index (χ2n) is 4.12. The first kappa shape index (κ1) is 12.6. The van der Waals surface area contributed by atoms with Crippen LogP contribution in [0.25, 0.3) is 11.0 Å². The van der Waals surface area contributed by atoms with E-state index in [0.29, 0.717) is 10.3 Å². The van der Waals surface area contributed by atoms with E-state index in [9.17, 15) is 10.1 Å². The van der Waals surface area contributed by atoms with E-state index in [-0.39, 0.29) is 0 Å². The Kier molecular flexibility index (Phi) is 2.90. The number of hydrogen-bond acceptors (Lipinski definition) is 6. The van der Waals surface area contributed by atoms with Gasteiger partial charge >= 0.3 is 5.95 Å². The van der Waals surface area contributed by atoms with Crippen LogP contribution in [-0.4, -0.2) is 29.2 Å². The van der Waals surface area contributed by atoms with Crippen LogP contribution in [0.1, 0.15) is 0 Å². The number of fused-ring (bicyclic) bond motifs is 1. The van der Waals surface area contributed by atoms with Gasteiger partial charge in [-0.3, -0.25) is 0 Å². The van der Waals surface area contributed by atoms with E-state index in [2.05, 4.69) is 15.1 Å². The highest BCUT2D eigenvalue weighted by molar-refractivity contribution is 7.99. The maximum atomic E-state index is 10.7. The van der Waals surface area contributed by atoms with Crippen molar-refractivity contribution in [2.24, 2.45) is 14.1 Å². The highest BCUT2D eigenvalue weighted by Crippen LogP contribution is 2.28. The summed E-state index contributed by atoms with van der Waals surface area (Å²) in [5.74, 6) is -0.409. The molecule has 3 aromatic rings. The molecule has 8 nitrogen and oxygen atoms in total. The lowest BCUT2D eigenvalue weighted by Gasteiger charge is -1.98. The molecule has 0 saturated heterocycles. The number of hydrogen-bond donors (Lipinski definition) is 0. The van der Waals surface area contributed by atoms with Gasteiger partial charge in [0, 0.05) is 31.0 Å². The standard InChI is InChI=1S/C11H10N6O2S/c1-15-8-6-4-3-5-7(8)12-10(15)20-11-13-9(17(18)19)14-16(11)2/h3-6H,1-2H3. The Morgan fingerprint density at radius 1 is 1.20 bits per heavy atom. The molecule has 102 valence electrons. The van der Waals surface area contributed by atoms with E-state index in [1.54, 1.807) is 7.05 Å². The molecule has 0 aliphatic rings. The Balaban J connectivity index is 2.01. The van der Waals surface area contributed by atoms with Gasteiger partial charge in [0.25, 0.3) is 5.16 Å². The molecular formula is C11H10N6O2S. The Labute approximate surface area is 117 Å². The number of benzene rings is 1. The van der Waals surface area contributed by atoms with Crippen molar-refractivity contribution in [1.29, 1.82) is 0 Å². The molecule has 0 atom stereocenters. The summed E-state index contributed by atoms with van der Waals surface area (Å²) < 4.78 is 3.29. The summed E-state index contributed by atoms with van der Waals surface area (Å²) >= 11 is 1.24. The van der Waals surface area contributed by atoms with Crippen LogP contribution < -0.4 is 0 Å². The normalized spacial score (nSPS) is 11.1. The first-order valence-electron chi connectivity index (χ1n) is 5.71. The van der Waals surface area contributed by atoms with Crippen molar-refractivity contribution >= 4 is 28.7 Å². The Morgan fingerprint density at radius 3 is 2.60 bits per heavy atom. The van der Waals surface area contributed by atoms with Gasteiger partial charge < -0.3 is 14.7 Å². The SMILES string of the molecule is Cn1nc([N+](=O)[O-])nc1Sc1nc2ccccc2n1C. The van der Waals surface area contributed by atoms with Gasteiger partial charge in [-0.05, 0) is 22.0 Å². The van der Waals surface area contributed by atoms with Gasteiger partial charge in [-0.15, -0.1) is 0 Å². The molecule has 1 aromatic carbocycles. The zero-order valence-electron chi connectivity index (χ0n) is 10.7. The van der Waals surface area contributed by atoms with Gasteiger partial charge in [-0.1, -0.05) is 12.1 Å². The molecule has 0 spiro atoms. The number of nitro groups is 1. The number of nitrogens with zero attached hydrogens (tertiary/aromatic N) is 6. The van der Waals surface area contributed by atoms with Gasteiger partial charge in [-0.2, -0.15) is 4.68 Å². The maximum absolute atomic E-state index is 10.7. The summed E-state index contributed by atoms with van der Waals surface area (Å²) in [7, 11) is 3.51. The van der Waals surface area contributed by atoms with Crippen LogP contribution in [-0.2, 0) is 14.1 Å². The zero-order chi connectivity index (χ0) is 14.3. The molecule has 0 amide bonds. The van der Waals surface area contributed by atoms with Crippen molar-refractivity contribution < 1.29 is 4.92 Å². The van der Waals surface area contributed by atoms with E-state index in [0.717, 1.165) is 11.0 Å². The minimum Gasteiger partial charge on any atom is -0.390 e. The summed E-state index contributed by atoms with van der Waals surface area (Å²) in [6, 6.07) is 7.73. The van der Waals surface area contributed by atoms with Gasteiger partial charge in [-0.25, -0.2) is 4.98 Å². The topological polar surface area (TPSA) is 91.7 Å². The summed E-state index contributed by atoms with van der Waals surface area (Å²) in [5.41, 5.74) is 1.86. The molecule has 0 radical (unpaired) electrons. The highest BCUT2D eigenvalue weighted by atomic mass is 32.2. The minimum atomic E-state index is -0.612. The van der Waals surface area contributed by atoms with E-state index in [4.69, 9.17) is 0 Å². The summed E-state index contributed by atoms with van der Waals surface area (Å²) in [4.78, 5) is 18.4. The molecular weight excluding hydrogens is 280 g/mol. The number of imidazole rings is 1. The molecule has 0 N–H and O–H groups in total. The fourth-order valence-corrected chi connectivity index (χ4v) is 2.66. The Morgan fingerprint density at radius 2 is 1.95 bits per heavy atom. The largest absolute Gasteiger partial charge is 0.492 e. The van der Waals surface area contributed by atoms with Gasteiger partial charge in [0.05, 0.1) is 11.0 Å². The average Bonchev–Trinajstić information content (AvgIpc) is 2.93. The molecule has 0 saturated carbocycles. The zero-order valence-corrected chi connectivity index (χ0v) is 11.5. The lowest BCUT2D eigenvalue weighted by Crippen LogP contribution is -1.96. The smallest absolute Gasteiger partial charge is 0.390 e. The van der Waals surface area contributed by atoms with E-state index >= 15 is 0 Å². The molecule has 0 aliphatic carbocycles. The van der Waals surface area contributed by atoms with Gasteiger partial charge in [0.1, 0.15) is 0 Å². The lowest BCUT2D eigenvalue weighted by atomic mass is 10.3. The third-order valence-electron chi connectivity index (χ3n) is 2.80. The van der Waals surface area contributed by atoms with E-state index < -0.39 is 10.9 Å². The van der Waals surface area contributed by atoms with Crippen LogP contribution in [0.3, 0.4) is 0 Å². The highest BCUT2D eigenvalue weighted by Gasteiger charge is 2.22. The monoisotopic (exact) mass is 290 g/mol. The Bertz CT molecular complexity index is 808. The quantitative estimate of drug-likeness (QED) is 0.539. The van der Waals surface area contributed by atoms with Crippen molar-refractivity contribution in [3.05, 3.63) is 34.4 Å². The number of aryl methyl sites for hydroxylation is 2. The van der Waals surface area contributed by atoms with Crippen LogP contribution in [0.15, 0.2) is 34.6 Å². The fourth-order valence-electron chi connectivity index (χ4n) is 1.82. The Hall–Kier alpha value is -2.42. The first-order valence-corrected chi connectivity index (χ1v) is 6.52. The number of aromatic nitrogens is 5. The van der Waals surface area contributed by atoms with Crippen LogP contribution in [0.2, 0.25) is 0 Å². The molecule has 0 bridgehead atoms. The van der Waals surface area contributed by atoms with E-state index in [1.165, 1.54) is 16.4 Å². The minimum absolute atomic E-state index is 0.409. The second kappa shape index (κ2) is 4.60. The molecule has 2 heterocycles. The second-order valence-corrected chi connectivity index (χ2v) is 5.05. The third kappa shape index (κ3) is 2.01. The van der Waals surface area contributed by atoms with Crippen molar-refractivity contribution in [2.45, 2.75) is 10.3 Å². The molecule has 9 heteroatoms. The van der Waals surface area contributed by atoms with Crippen molar-refractivity contribution in [3.8, 4) is 0 Å². The first-order chi connectivity index (χ1) is 9.56. The summed E-state index contributed by atoms with van der Waals surface area (Å²) in [5, 5.41) is 15.5. The molecule has 20 heavy (non-hydrogen) atoms. The predicted octanol–water partition coefficient (Wildman–Crippen LogP) is 1.76. The van der Waals surface area contributed by atoms with Crippen molar-refractivity contribution in [2.75, 3.05) is 0 Å². The van der Waals surface area contributed by atoms with Crippen LogP contribution in [0.4, 0.5) is 5.95 Å².